The molecule has 85 heavy (non-hydrogen) atoms. The molecule has 17 nitrogen and oxygen atoms in total. The van der Waals surface area contributed by atoms with Crippen LogP contribution >= 0.6 is 15.6 Å². The van der Waals surface area contributed by atoms with Gasteiger partial charge in [0.1, 0.15) is 19.3 Å². The molecular weight excluding hydrogens is 1130 g/mol. The zero-order valence-corrected chi connectivity index (χ0v) is 56.9. The van der Waals surface area contributed by atoms with Gasteiger partial charge in [0.05, 0.1) is 26.4 Å². The Morgan fingerprint density at radius 1 is 0.341 bits per heavy atom. The molecule has 19 heteroatoms. The van der Waals surface area contributed by atoms with Crippen molar-refractivity contribution in [3.05, 3.63) is 0 Å². The van der Waals surface area contributed by atoms with E-state index in [1.165, 1.54) is 128 Å². The monoisotopic (exact) mass is 1250 g/mol. The molecule has 0 fully saturated rings. The Bertz CT molecular complexity index is 1680. The summed E-state index contributed by atoms with van der Waals surface area (Å²) < 4.78 is 68.1. The fourth-order valence-electron chi connectivity index (χ4n) is 9.80. The fourth-order valence-corrected chi connectivity index (χ4v) is 11.4. The molecule has 0 saturated heterocycles. The molecule has 0 saturated carbocycles. The van der Waals surface area contributed by atoms with Crippen molar-refractivity contribution >= 4 is 39.5 Å². The molecular formula is C66H128O17P2. The quantitative estimate of drug-likeness (QED) is 0.0222. The molecule has 0 heterocycles. The lowest BCUT2D eigenvalue weighted by Crippen LogP contribution is -2.30. The molecule has 0 amide bonds. The van der Waals surface area contributed by atoms with Gasteiger partial charge in [-0.2, -0.15) is 0 Å². The molecule has 0 aliphatic carbocycles. The predicted molar refractivity (Wildman–Crippen MR) is 340 cm³/mol. The van der Waals surface area contributed by atoms with Gasteiger partial charge in [0.15, 0.2) is 12.2 Å². The van der Waals surface area contributed by atoms with Crippen molar-refractivity contribution in [1.29, 1.82) is 0 Å². The number of hydrogen-bond acceptors (Lipinski definition) is 15. The summed E-state index contributed by atoms with van der Waals surface area (Å²) in [5.74, 6) is 0.0414. The van der Waals surface area contributed by atoms with E-state index in [1.54, 1.807) is 0 Å². The molecule has 504 valence electrons. The van der Waals surface area contributed by atoms with Crippen molar-refractivity contribution in [2.45, 2.75) is 343 Å². The largest absolute Gasteiger partial charge is 0.472 e. The van der Waals surface area contributed by atoms with Crippen LogP contribution in [0.25, 0.3) is 0 Å². The molecule has 0 aromatic carbocycles. The third kappa shape index (κ3) is 59.5. The number of carbonyl (C=O) groups excluding carboxylic acids is 4. The number of phosphoric ester groups is 2. The topological polar surface area (TPSA) is 237 Å². The zero-order chi connectivity index (χ0) is 63.1. The molecule has 0 rings (SSSR count). The van der Waals surface area contributed by atoms with Gasteiger partial charge in [0.2, 0.25) is 0 Å². The standard InChI is InChI=1S/C66H128O17P2/c1-8-10-11-12-13-14-15-16-17-18-26-35-42-49-65(70)82-61(53-76-63(68)47-40-33-25-21-19-23-30-37-44-57(3)4)55-80-84(72,73)78-51-60(67)52-79-85(74,75)81-56-62(54-77-64(69)48-41-34-29-28-32-39-46-59(7)9-2)83-66(71)50-43-36-27-22-20-24-31-38-45-58(5)6/h57-62,67H,8-56H2,1-7H3,(H,72,73)(H,74,75)/t59?,60-,61-,62-/m1/s1. The number of aliphatic hydroxyl groups excluding tert-OH is 1. The first-order valence-electron chi connectivity index (χ1n) is 34.4. The van der Waals surface area contributed by atoms with Gasteiger partial charge in [-0.25, -0.2) is 9.13 Å². The Morgan fingerprint density at radius 3 is 0.894 bits per heavy atom. The van der Waals surface area contributed by atoms with Crippen LogP contribution in [0.15, 0.2) is 0 Å². The SMILES string of the molecule is CCCCCCCCCCCCCCCC(=O)O[C@H](COC(=O)CCCCCCCCCCC(C)C)COP(=O)(O)OC[C@@H](O)COP(=O)(O)OC[C@@H](COC(=O)CCCCCCCCC(C)CC)OC(=O)CCCCCCCCCCC(C)C. The van der Waals surface area contributed by atoms with Crippen LogP contribution in [0.2, 0.25) is 0 Å². The minimum absolute atomic E-state index is 0.103. The van der Waals surface area contributed by atoms with Gasteiger partial charge >= 0.3 is 39.5 Å². The number of phosphoric acid groups is 2. The maximum Gasteiger partial charge on any atom is 0.472 e. The number of rotatable bonds is 64. The van der Waals surface area contributed by atoms with Crippen molar-refractivity contribution in [2.75, 3.05) is 39.6 Å². The van der Waals surface area contributed by atoms with Crippen LogP contribution in [0.3, 0.4) is 0 Å². The predicted octanol–water partition coefficient (Wildman–Crippen LogP) is 18.3. The zero-order valence-electron chi connectivity index (χ0n) is 55.1. The Labute approximate surface area is 517 Å². The second kappa shape index (κ2) is 57.2. The molecule has 0 bridgehead atoms. The lowest BCUT2D eigenvalue weighted by atomic mass is 10.00. The molecule has 0 aromatic heterocycles. The van der Waals surface area contributed by atoms with E-state index in [0.29, 0.717) is 25.7 Å². The van der Waals surface area contributed by atoms with Crippen molar-refractivity contribution in [1.82, 2.24) is 0 Å². The third-order valence-corrected chi connectivity index (χ3v) is 17.4. The molecule has 3 unspecified atom stereocenters. The summed E-state index contributed by atoms with van der Waals surface area (Å²) in [7, 11) is -9.89. The number of aliphatic hydroxyl groups is 1. The Kier molecular flexibility index (Phi) is 55.9. The summed E-state index contributed by atoms with van der Waals surface area (Å²) in [6.45, 7) is 11.7. The van der Waals surface area contributed by atoms with Crippen molar-refractivity contribution < 1.29 is 80.2 Å². The van der Waals surface area contributed by atoms with Crippen LogP contribution in [0.4, 0.5) is 0 Å². The normalized spacial score (nSPS) is 14.6. The number of unbranched alkanes of at least 4 members (excludes halogenated alkanes) is 31. The molecule has 0 aromatic rings. The first-order valence-corrected chi connectivity index (χ1v) is 37.4. The van der Waals surface area contributed by atoms with Crippen molar-refractivity contribution in [3.63, 3.8) is 0 Å². The molecule has 0 aliphatic rings. The summed E-state index contributed by atoms with van der Waals surface area (Å²) in [6.07, 6.45) is 39.0. The van der Waals surface area contributed by atoms with E-state index in [-0.39, 0.29) is 25.7 Å². The van der Waals surface area contributed by atoms with E-state index < -0.39 is 97.5 Å². The highest BCUT2D eigenvalue weighted by atomic mass is 31.2. The number of esters is 4. The van der Waals surface area contributed by atoms with Crippen LogP contribution in [0.5, 0.6) is 0 Å². The number of carbonyl (C=O) groups is 4. The van der Waals surface area contributed by atoms with Gasteiger partial charge in [-0.15, -0.1) is 0 Å². The highest BCUT2D eigenvalue weighted by Crippen LogP contribution is 2.45. The van der Waals surface area contributed by atoms with E-state index in [0.717, 1.165) is 114 Å². The summed E-state index contributed by atoms with van der Waals surface area (Å²) in [6, 6.07) is 0. The van der Waals surface area contributed by atoms with Crippen molar-refractivity contribution in [2.24, 2.45) is 17.8 Å². The van der Waals surface area contributed by atoms with Crippen LogP contribution < -0.4 is 0 Å². The third-order valence-electron chi connectivity index (χ3n) is 15.5. The Balaban J connectivity index is 5.26. The van der Waals surface area contributed by atoms with Crippen LogP contribution in [-0.2, 0) is 65.4 Å². The molecule has 0 spiro atoms. The maximum atomic E-state index is 13.0. The summed E-state index contributed by atoms with van der Waals surface area (Å²) in [4.78, 5) is 72.3. The molecule has 3 N–H and O–H groups in total. The molecule has 0 radical (unpaired) electrons. The van der Waals surface area contributed by atoms with E-state index in [4.69, 9.17) is 37.0 Å². The Hall–Kier alpha value is -1.94. The van der Waals surface area contributed by atoms with Crippen LogP contribution in [-0.4, -0.2) is 96.7 Å². The minimum atomic E-state index is -4.95. The first kappa shape index (κ1) is 83.1. The van der Waals surface area contributed by atoms with E-state index >= 15 is 0 Å². The molecule has 6 atom stereocenters. The lowest BCUT2D eigenvalue weighted by molar-refractivity contribution is -0.161. The Morgan fingerprint density at radius 2 is 0.600 bits per heavy atom. The van der Waals surface area contributed by atoms with Gasteiger partial charge in [0, 0.05) is 25.7 Å². The van der Waals surface area contributed by atoms with Gasteiger partial charge < -0.3 is 33.8 Å². The maximum absolute atomic E-state index is 13.0. The second-order valence-electron chi connectivity index (χ2n) is 25.1. The van der Waals surface area contributed by atoms with E-state index in [9.17, 15) is 43.2 Å². The van der Waals surface area contributed by atoms with Crippen molar-refractivity contribution in [3.8, 4) is 0 Å². The number of hydrogen-bond donors (Lipinski definition) is 3. The average Bonchev–Trinajstić information content (AvgIpc) is 3.61. The summed E-state index contributed by atoms with van der Waals surface area (Å²) >= 11 is 0. The van der Waals surface area contributed by atoms with Crippen LogP contribution in [0, 0.1) is 17.8 Å². The second-order valence-corrected chi connectivity index (χ2v) is 28.0. The summed E-state index contributed by atoms with van der Waals surface area (Å²) in [5, 5.41) is 10.6. The first-order chi connectivity index (χ1) is 40.8. The van der Waals surface area contributed by atoms with Gasteiger partial charge in [-0.1, -0.05) is 273 Å². The van der Waals surface area contributed by atoms with Gasteiger partial charge in [-0.05, 0) is 43.4 Å². The average molecular weight is 1260 g/mol. The van der Waals surface area contributed by atoms with E-state index in [2.05, 4.69) is 48.5 Å². The van der Waals surface area contributed by atoms with Gasteiger partial charge in [-0.3, -0.25) is 37.3 Å². The van der Waals surface area contributed by atoms with Crippen LogP contribution in [0.1, 0.15) is 325 Å². The highest BCUT2D eigenvalue weighted by molar-refractivity contribution is 7.47. The highest BCUT2D eigenvalue weighted by Gasteiger charge is 2.30. The summed E-state index contributed by atoms with van der Waals surface area (Å²) in [5.41, 5.74) is 0. The van der Waals surface area contributed by atoms with E-state index in [1.807, 2.05) is 0 Å². The van der Waals surface area contributed by atoms with Gasteiger partial charge in [0.25, 0.3) is 0 Å². The molecule has 0 aliphatic heterocycles. The minimum Gasteiger partial charge on any atom is -0.462 e. The smallest absolute Gasteiger partial charge is 0.462 e. The fraction of sp³-hybridized carbons (Fsp3) is 0.939. The number of ether oxygens (including phenoxy) is 4. The lowest BCUT2D eigenvalue weighted by Gasteiger charge is -2.21.